The molecule has 6 nitrogen and oxygen atoms in total. The second kappa shape index (κ2) is 4.15. The van der Waals surface area contributed by atoms with Crippen LogP contribution in [0.4, 0.5) is 5.82 Å². The van der Waals surface area contributed by atoms with Crippen LogP contribution in [0.15, 0.2) is 18.3 Å². The zero-order valence-electron chi connectivity index (χ0n) is 6.84. The number of sulfonamides is 1. The van der Waals surface area contributed by atoms with Crippen LogP contribution in [0.2, 0.25) is 0 Å². The van der Waals surface area contributed by atoms with E-state index in [1.54, 1.807) is 12.1 Å². The van der Waals surface area contributed by atoms with Crippen LogP contribution in [-0.4, -0.2) is 30.9 Å². The van der Waals surface area contributed by atoms with Gasteiger partial charge in [-0.3, -0.25) is 0 Å². The van der Waals surface area contributed by atoms with Crippen molar-refractivity contribution < 1.29 is 8.42 Å². The minimum atomic E-state index is -3.40. The largest absolute Gasteiger partial charge is 0.368 e. The van der Waals surface area contributed by atoms with E-state index in [9.17, 15) is 8.42 Å². The molecular weight excluding hydrogens is 192 g/mol. The second-order valence-electron chi connectivity index (χ2n) is 2.40. The van der Waals surface area contributed by atoms with Crippen molar-refractivity contribution in [2.75, 3.05) is 17.6 Å². The highest BCUT2D eigenvalue weighted by Gasteiger charge is 2.01. The Morgan fingerprint density at radius 1 is 1.54 bits per heavy atom. The van der Waals surface area contributed by atoms with Crippen molar-refractivity contribution in [2.24, 2.45) is 5.14 Å². The Hall–Kier alpha value is -1.21. The first-order chi connectivity index (χ1) is 6.08. The average Bonchev–Trinajstić information content (AvgIpc) is 2.04. The molecule has 0 aliphatic carbocycles. The van der Waals surface area contributed by atoms with Crippen molar-refractivity contribution >= 4 is 15.8 Å². The SMILES string of the molecule is NS(=O)(=O)CCNc1cccnn1. The summed E-state index contributed by atoms with van der Waals surface area (Å²) in [6, 6.07) is 3.39. The molecule has 0 aliphatic rings. The summed E-state index contributed by atoms with van der Waals surface area (Å²) in [6.45, 7) is 0.234. The highest BCUT2D eigenvalue weighted by Crippen LogP contribution is 1.96. The summed E-state index contributed by atoms with van der Waals surface area (Å²) in [7, 11) is -3.40. The quantitative estimate of drug-likeness (QED) is 0.664. The first kappa shape index (κ1) is 9.87. The lowest BCUT2D eigenvalue weighted by atomic mass is 10.5. The van der Waals surface area contributed by atoms with E-state index >= 15 is 0 Å². The fourth-order valence-corrected chi connectivity index (χ4v) is 1.10. The monoisotopic (exact) mass is 202 g/mol. The third-order valence-electron chi connectivity index (χ3n) is 1.26. The molecule has 0 unspecified atom stereocenters. The van der Waals surface area contributed by atoms with Gasteiger partial charge in [-0.2, -0.15) is 5.10 Å². The standard InChI is InChI=1S/C6H10N4O2S/c7-13(11,12)5-4-8-6-2-1-3-9-10-6/h1-3H,4-5H2,(H,8,10)(H2,7,11,12). The van der Waals surface area contributed by atoms with Crippen molar-refractivity contribution in [1.82, 2.24) is 10.2 Å². The van der Waals surface area contributed by atoms with Crippen molar-refractivity contribution in [3.05, 3.63) is 18.3 Å². The van der Waals surface area contributed by atoms with Gasteiger partial charge in [0.1, 0.15) is 5.82 Å². The van der Waals surface area contributed by atoms with Gasteiger partial charge in [0.2, 0.25) is 10.0 Å². The van der Waals surface area contributed by atoms with E-state index < -0.39 is 10.0 Å². The normalized spacial score (nSPS) is 11.2. The topological polar surface area (TPSA) is 98.0 Å². The Bertz CT molecular complexity index is 350. The Morgan fingerprint density at radius 2 is 2.31 bits per heavy atom. The summed E-state index contributed by atoms with van der Waals surface area (Å²) in [5.74, 6) is 0.412. The summed E-state index contributed by atoms with van der Waals surface area (Å²) in [4.78, 5) is 0. The molecule has 0 aliphatic heterocycles. The number of anilines is 1. The molecule has 1 heterocycles. The first-order valence-electron chi connectivity index (χ1n) is 3.60. The zero-order chi connectivity index (χ0) is 9.73. The van der Waals surface area contributed by atoms with Gasteiger partial charge in [-0.25, -0.2) is 13.6 Å². The molecule has 0 fully saturated rings. The van der Waals surface area contributed by atoms with E-state index in [0.717, 1.165) is 0 Å². The number of aromatic nitrogens is 2. The third kappa shape index (κ3) is 4.38. The average molecular weight is 202 g/mol. The van der Waals surface area contributed by atoms with E-state index in [1.807, 2.05) is 0 Å². The molecule has 1 rings (SSSR count). The minimum Gasteiger partial charge on any atom is -0.368 e. The first-order valence-corrected chi connectivity index (χ1v) is 5.31. The molecule has 0 saturated heterocycles. The Balaban J connectivity index is 2.37. The predicted octanol–water partition coefficient (Wildman–Crippen LogP) is -0.823. The van der Waals surface area contributed by atoms with Gasteiger partial charge in [0, 0.05) is 12.7 Å². The molecule has 0 bridgehead atoms. The van der Waals surface area contributed by atoms with E-state index in [-0.39, 0.29) is 12.3 Å². The molecule has 1 aromatic rings. The van der Waals surface area contributed by atoms with Crippen LogP contribution < -0.4 is 10.5 Å². The van der Waals surface area contributed by atoms with Gasteiger partial charge in [0.25, 0.3) is 0 Å². The third-order valence-corrected chi connectivity index (χ3v) is 2.04. The Kier molecular flexibility index (Phi) is 3.15. The number of nitrogens with zero attached hydrogens (tertiary/aromatic N) is 2. The fraction of sp³-hybridized carbons (Fsp3) is 0.333. The molecule has 1 aromatic heterocycles. The van der Waals surface area contributed by atoms with Gasteiger partial charge < -0.3 is 5.32 Å². The Labute approximate surface area is 76.2 Å². The maximum absolute atomic E-state index is 10.5. The Morgan fingerprint density at radius 3 is 2.85 bits per heavy atom. The highest BCUT2D eigenvalue weighted by molar-refractivity contribution is 7.89. The van der Waals surface area contributed by atoms with E-state index in [1.165, 1.54) is 6.20 Å². The molecule has 13 heavy (non-hydrogen) atoms. The summed E-state index contributed by atoms with van der Waals surface area (Å²) in [6.07, 6.45) is 1.53. The van der Waals surface area contributed by atoms with E-state index in [0.29, 0.717) is 5.82 Å². The highest BCUT2D eigenvalue weighted by atomic mass is 32.2. The van der Waals surface area contributed by atoms with Crippen LogP contribution in [-0.2, 0) is 10.0 Å². The summed E-state index contributed by atoms with van der Waals surface area (Å²) < 4.78 is 21.0. The summed E-state index contributed by atoms with van der Waals surface area (Å²) in [5, 5.41) is 14.9. The van der Waals surface area contributed by atoms with E-state index in [4.69, 9.17) is 5.14 Å². The lowest BCUT2D eigenvalue weighted by Gasteiger charge is -2.01. The molecule has 0 radical (unpaired) electrons. The maximum atomic E-state index is 10.5. The molecule has 0 aromatic carbocycles. The number of nitrogens with one attached hydrogen (secondary N) is 1. The smallest absolute Gasteiger partial charge is 0.210 e. The zero-order valence-corrected chi connectivity index (χ0v) is 7.66. The number of hydrogen-bond acceptors (Lipinski definition) is 5. The summed E-state index contributed by atoms with van der Waals surface area (Å²) in [5.41, 5.74) is 0. The van der Waals surface area contributed by atoms with Crippen molar-refractivity contribution in [2.45, 2.75) is 0 Å². The van der Waals surface area contributed by atoms with Crippen LogP contribution in [0.25, 0.3) is 0 Å². The van der Waals surface area contributed by atoms with E-state index in [2.05, 4.69) is 15.5 Å². The van der Waals surface area contributed by atoms with Gasteiger partial charge in [-0.1, -0.05) is 0 Å². The molecule has 72 valence electrons. The summed E-state index contributed by atoms with van der Waals surface area (Å²) >= 11 is 0. The predicted molar refractivity (Wildman–Crippen MR) is 48.5 cm³/mol. The number of rotatable bonds is 4. The van der Waals surface area contributed by atoms with Crippen LogP contribution >= 0.6 is 0 Å². The van der Waals surface area contributed by atoms with Crippen LogP contribution in [0, 0.1) is 0 Å². The lowest BCUT2D eigenvalue weighted by Crippen LogP contribution is -2.22. The number of hydrogen-bond donors (Lipinski definition) is 2. The van der Waals surface area contributed by atoms with Crippen LogP contribution in [0.3, 0.4) is 0 Å². The van der Waals surface area contributed by atoms with Gasteiger partial charge in [0.15, 0.2) is 0 Å². The molecule has 7 heteroatoms. The molecule has 3 N–H and O–H groups in total. The molecule has 0 amide bonds. The van der Waals surface area contributed by atoms with Crippen molar-refractivity contribution in [3.8, 4) is 0 Å². The second-order valence-corrected chi connectivity index (χ2v) is 4.14. The minimum absolute atomic E-state index is 0.121. The maximum Gasteiger partial charge on any atom is 0.210 e. The van der Waals surface area contributed by atoms with Crippen LogP contribution in [0.5, 0.6) is 0 Å². The fourth-order valence-electron chi connectivity index (χ4n) is 0.717. The van der Waals surface area contributed by atoms with Gasteiger partial charge in [-0.05, 0) is 12.1 Å². The molecular formula is C6H10N4O2S. The molecule has 0 spiro atoms. The number of nitrogens with two attached hydrogens (primary N) is 1. The van der Waals surface area contributed by atoms with Gasteiger partial charge in [-0.15, -0.1) is 5.10 Å². The van der Waals surface area contributed by atoms with Gasteiger partial charge in [0.05, 0.1) is 5.75 Å². The molecule has 0 atom stereocenters. The van der Waals surface area contributed by atoms with Crippen molar-refractivity contribution in [3.63, 3.8) is 0 Å². The van der Waals surface area contributed by atoms with Crippen molar-refractivity contribution in [1.29, 1.82) is 0 Å². The number of primary sulfonamides is 1. The van der Waals surface area contributed by atoms with Crippen LogP contribution in [0.1, 0.15) is 0 Å². The van der Waals surface area contributed by atoms with Gasteiger partial charge >= 0.3 is 0 Å². The molecule has 0 saturated carbocycles. The lowest BCUT2D eigenvalue weighted by molar-refractivity contribution is 0.598.